The van der Waals surface area contributed by atoms with Crippen LogP contribution in [0.1, 0.15) is 29.2 Å². The van der Waals surface area contributed by atoms with Crippen LogP contribution >= 0.6 is 0 Å². The molecule has 0 fully saturated rings. The Labute approximate surface area is 621 Å². The highest BCUT2D eigenvalue weighted by Crippen LogP contribution is 2.39. The van der Waals surface area contributed by atoms with E-state index in [2.05, 4.69) is 374 Å². The molecule has 20 aromatic rings. The van der Waals surface area contributed by atoms with Crippen LogP contribution in [0.15, 0.2) is 376 Å². The van der Waals surface area contributed by atoms with Crippen molar-refractivity contribution < 1.29 is 5.11 Å². The minimum atomic E-state index is 0.250. The maximum Gasteiger partial charge on any atom is 0.0701 e. The van der Waals surface area contributed by atoms with Crippen LogP contribution in [0.3, 0.4) is 0 Å². The Bertz CT molecular complexity index is 6500. The fourth-order valence-corrected chi connectivity index (χ4v) is 15.6. The van der Waals surface area contributed by atoms with E-state index in [0.717, 1.165) is 58.0 Å². The molecule has 0 saturated carbocycles. The maximum atomic E-state index is 7.57. The molecule has 0 atom stereocenters. The van der Waals surface area contributed by atoms with Gasteiger partial charge in [-0.15, -0.1) is 0 Å². The second-order valence-electron chi connectivity index (χ2n) is 27.2. The van der Waals surface area contributed by atoms with Crippen LogP contribution in [0.5, 0.6) is 0 Å². The lowest BCUT2D eigenvalue weighted by Gasteiger charge is -2.11. The standard InChI is InChI=1S/C49H35N3.C49H33N3.C2H6O/c2*1-4-13-46-41(9-1)42-10-2-5-14-47(42)51(46)39-27-23-36(24-28-39)37-25-29-40(30-26-37)52-48-15-6-3-11-43(48)44-33-35(20-31-49(44)52)17-16-34-18-21-38(22-19-34)45-12-7-8-32-50-45;1-2-3/h1-15,18-33H,16-17H2;1-33H;3H,2H2,1H3/b;17-16+;. The van der Waals surface area contributed by atoms with Gasteiger partial charge in [-0.05, 0) is 198 Å². The zero-order valence-corrected chi connectivity index (χ0v) is 59.2. The molecule has 0 amide bonds. The monoisotopic (exact) mass is 1370 g/mol. The largest absolute Gasteiger partial charge is 0.397 e. The molecule has 7 nitrogen and oxygen atoms in total. The molecule has 0 saturated heterocycles. The summed E-state index contributed by atoms with van der Waals surface area (Å²) in [6, 6.07) is 131. The second-order valence-corrected chi connectivity index (χ2v) is 27.2. The van der Waals surface area contributed by atoms with Crippen LogP contribution in [0.2, 0.25) is 0 Å². The Kier molecular flexibility index (Phi) is 17.6. The van der Waals surface area contributed by atoms with Gasteiger partial charge < -0.3 is 23.4 Å². The molecule has 0 aliphatic rings. The highest BCUT2D eigenvalue weighted by atomic mass is 16.2. The first-order chi connectivity index (χ1) is 53.0. The zero-order valence-electron chi connectivity index (χ0n) is 59.2. The van der Waals surface area contributed by atoms with E-state index in [4.69, 9.17) is 5.11 Å². The van der Waals surface area contributed by atoms with Crippen LogP contribution in [0.4, 0.5) is 0 Å². The lowest BCUT2D eigenvalue weighted by Crippen LogP contribution is -1.95. The molecule has 0 unspecified atom stereocenters. The lowest BCUT2D eigenvalue weighted by molar-refractivity contribution is 0.318. The molecule has 510 valence electrons. The molecule has 6 heterocycles. The SMILES string of the molecule is C(=C\c1ccc2c(c1)c1ccccc1n2-c1ccc(-c2ccc(-n3c4ccccc4c4ccccc43)cc2)cc1)/c1ccc(-c2ccccn2)cc1.CCO.c1ccc(-c2ccc(CCc3ccc4c(c3)c3ccccc3n4-c3ccc(-c4ccc(-n5c6ccccc6c6ccccc65)cc4)cc3)cc2)nc1. The molecule has 7 heteroatoms. The number of fused-ring (bicyclic) bond motifs is 12. The van der Waals surface area contributed by atoms with Crippen LogP contribution < -0.4 is 0 Å². The fraction of sp³-hybridized carbons (Fsp3) is 0.0400. The quantitative estimate of drug-likeness (QED) is 0.117. The maximum absolute atomic E-state index is 7.57. The van der Waals surface area contributed by atoms with Gasteiger partial charge in [0.2, 0.25) is 0 Å². The minimum absolute atomic E-state index is 0.250. The topological polar surface area (TPSA) is 65.7 Å². The van der Waals surface area contributed by atoms with Gasteiger partial charge in [-0.25, -0.2) is 0 Å². The Balaban J connectivity index is 0.000000146. The summed E-state index contributed by atoms with van der Waals surface area (Å²) >= 11 is 0. The third-order valence-electron chi connectivity index (χ3n) is 20.7. The Morgan fingerprint density at radius 3 is 0.860 bits per heavy atom. The predicted molar refractivity (Wildman–Crippen MR) is 450 cm³/mol. The van der Waals surface area contributed by atoms with Gasteiger partial charge in [0.25, 0.3) is 0 Å². The van der Waals surface area contributed by atoms with E-state index in [0.29, 0.717) is 0 Å². The lowest BCUT2D eigenvalue weighted by atomic mass is 10.0. The summed E-state index contributed by atoms with van der Waals surface area (Å²) < 4.78 is 9.51. The third-order valence-corrected chi connectivity index (χ3v) is 20.7. The Morgan fingerprint density at radius 2 is 0.505 bits per heavy atom. The zero-order chi connectivity index (χ0) is 71.6. The van der Waals surface area contributed by atoms with Gasteiger partial charge in [0.05, 0.1) is 55.5 Å². The average Bonchev–Trinajstić information content (AvgIpc) is 1.61. The number of rotatable bonds is 13. The molecule has 107 heavy (non-hydrogen) atoms. The van der Waals surface area contributed by atoms with Gasteiger partial charge in [-0.2, -0.15) is 0 Å². The van der Waals surface area contributed by atoms with Crippen LogP contribution in [-0.2, 0) is 12.8 Å². The van der Waals surface area contributed by atoms with Gasteiger partial charge in [-0.1, -0.05) is 243 Å². The Morgan fingerprint density at radius 1 is 0.243 bits per heavy atom. The Hall–Kier alpha value is -13.7. The first-order valence-electron chi connectivity index (χ1n) is 36.7. The number of aryl methyl sites for hydroxylation is 2. The van der Waals surface area contributed by atoms with Crippen molar-refractivity contribution in [1.29, 1.82) is 0 Å². The number of pyridine rings is 2. The van der Waals surface area contributed by atoms with Crippen molar-refractivity contribution in [3.63, 3.8) is 0 Å². The molecule has 6 aromatic heterocycles. The molecule has 0 aliphatic heterocycles. The highest BCUT2D eigenvalue weighted by molar-refractivity contribution is 6.13. The molecule has 0 radical (unpaired) electrons. The van der Waals surface area contributed by atoms with Gasteiger partial charge in [0.15, 0.2) is 0 Å². The number of hydrogen-bond donors (Lipinski definition) is 1. The van der Waals surface area contributed by atoms with Crippen molar-refractivity contribution in [2.24, 2.45) is 0 Å². The second kappa shape index (κ2) is 28.8. The van der Waals surface area contributed by atoms with E-state index < -0.39 is 0 Å². The molecule has 0 aliphatic carbocycles. The summed E-state index contributed by atoms with van der Waals surface area (Å²) in [5.41, 5.74) is 28.5. The van der Waals surface area contributed by atoms with Crippen molar-refractivity contribution in [2.75, 3.05) is 6.61 Å². The molecule has 14 aromatic carbocycles. The number of nitrogens with zero attached hydrogens (tertiary/aromatic N) is 6. The van der Waals surface area contributed by atoms with Crippen molar-refractivity contribution in [3.8, 4) is 67.5 Å². The van der Waals surface area contributed by atoms with E-state index in [9.17, 15) is 0 Å². The third kappa shape index (κ3) is 12.6. The minimum Gasteiger partial charge on any atom is -0.397 e. The van der Waals surface area contributed by atoms with Gasteiger partial charge in [0, 0.05) is 96.0 Å². The number of benzene rings is 14. The van der Waals surface area contributed by atoms with Gasteiger partial charge in [0.1, 0.15) is 0 Å². The predicted octanol–water partition coefficient (Wildman–Crippen LogP) is 25.2. The number of aliphatic hydroxyl groups is 1. The van der Waals surface area contributed by atoms with Crippen molar-refractivity contribution in [3.05, 3.63) is 399 Å². The van der Waals surface area contributed by atoms with Crippen molar-refractivity contribution in [1.82, 2.24) is 28.2 Å². The summed E-state index contributed by atoms with van der Waals surface area (Å²) in [5.74, 6) is 0. The fourth-order valence-electron chi connectivity index (χ4n) is 15.6. The van der Waals surface area contributed by atoms with E-state index in [1.807, 2.05) is 42.7 Å². The molecule has 20 rings (SSSR count). The average molecular weight is 1380 g/mol. The summed E-state index contributed by atoms with van der Waals surface area (Å²) in [7, 11) is 0. The van der Waals surface area contributed by atoms with Gasteiger partial charge >= 0.3 is 0 Å². The number of aromatic nitrogens is 6. The number of hydrogen-bond acceptors (Lipinski definition) is 3. The van der Waals surface area contributed by atoms with Gasteiger partial charge in [-0.3, -0.25) is 9.97 Å². The van der Waals surface area contributed by atoms with Crippen molar-refractivity contribution >= 4 is 99.4 Å². The smallest absolute Gasteiger partial charge is 0.0701 e. The first-order valence-corrected chi connectivity index (χ1v) is 36.7. The summed E-state index contributed by atoms with van der Waals surface area (Å²) in [4.78, 5) is 8.96. The van der Waals surface area contributed by atoms with Crippen LogP contribution in [0, 0.1) is 0 Å². The first kappa shape index (κ1) is 65.3. The van der Waals surface area contributed by atoms with Crippen LogP contribution in [0.25, 0.3) is 167 Å². The van der Waals surface area contributed by atoms with E-state index in [-0.39, 0.29) is 6.61 Å². The normalized spacial score (nSPS) is 11.5. The number of para-hydroxylation sites is 6. The molecule has 0 spiro atoms. The molecular formula is C100H74N6O. The van der Waals surface area contributed by atoms with Crippen molar-refractivity contribution in [2.45, 2.75) is 19.8 Å². The molecular weight excluding hydrogens is 1300 g/mol. The summed E-state index contributed by atoms with van der Waals surface area (Å²) in [6.07, 6.45) is 10.0. The summed E-state index contributed by atoms with van der Waals surface area (Å²) in [5, 5.41) is 17.7. The van der Waals surface area contributed by atoms with Crippen LogP contribution in [-0.4, -0.2) is 39.9 Å². The highest BCUT2D eigenvalue weighted by Gasteiger charge is 2.18. The van der Waals surface area contributed by atoms with E-state index in [1.54, 1.807) is 6.92 Å². The summed E-state index contributed by atoms with van der Waals surface area (Å²) in [6.45, 7) is 1.93. The number of aliphatic hydroxyl groups excluding tert-OH is 1. The van der Waals surface area contributed by atoms with E-state index in [1.165, 1.54) is 132 Å². The molecule has 0 bridgehead atoms. The van der Waals surface area contributed by atoms with E-state index >= 15 is 0 Å². The molecule has 1 N–H and O–H groups in total.